The number of hydrogen-bond donors (Lipinski definition) is 2. The molecule has 1 aliphatic rings. The molecule has 3 heteroatoms. The van der Waals surface area contributed by atoms with Crippen LogP contribution in [0.2, 0.25) is 0 Å². The summed E-state index contributed by atoms with van der Waals surface area (Å²) in [6.45, 7) is 15.2. The van der Waals surface area contributed by atoms with Crippen molar-refractivity contribution in [3.05, 3.63) is 66.2 Å². The molecule has 1 fully saturated rings. The fourth-order valence-corrected chi connectivity index (χ4v) is 3.13. The first-order valence-electron chi connectivity index (χ1n) is 11.0. The summed E-state index contributed by atoms with van der Waals surface area (Å²) in [5.41, 5.74) is 2.26. The first-order valence-corrected chi connectivity index (χ1v) is 11.0. The van der Waals surface area contributed by atoms with E-state index in [1.165, 1.54) is 5.56 Å². The number of aliphatic hydroxyl groups is 1. The van der Waals surface area contributed by atoms with Gasteiger partial charge in [0, 0.05) is 25.3 Å². The van der Waals surface area contributed by atoms with Crippen molar-refractivity contribution >= 4 is 5.69 Å². The van der Waals surface area contributed by atoms with Crippen molar-refractivity contribution in [3.63, 3.8) is 0 Å². The number of piperidine rings is 1. The average Bonchev–Trinajstić information content (AvgIpc) is 2.81. The van der Waals surface area contributed by atoms with E-state index < -0.39 is 0 Å². The molecule has 0 radical (unpaired) electrons. The Bertz CT molecular complexity index is 564. The topological polar surface area (TPSA) is 35.5 Å². The molecule has 1 heterocycles. The van der Waals surface area contributed by atoms with Gasteiger partial charge in [0.1, 0.15) is 0 Å². The molecule has 1 saturated heterocycles. The molecule has 0 amide bonds. The molecule has 1 aliphatic heterocycles. The second-order valence-electron chi connectivity index (χ2n) is 6.19. The molecule has 0 atom stereocenters. The molecule has 2 aromatic carbocycles. The van der Waals surface area contributed by atoms with Crippen LogP contribution >= 0.6 is 0 Å². The number of nitrogens with zero attached hydrogens (tertiary/aromatic N) is 1. The fourth-order valence-electron chi connectivity index (χ4n) is 3.13. The smallest absolute Gasteiger partial charge is 0.0662 e. The third-order valence-electron chi connectivity index (χ3n) is 4.55. The molecule has 0 saturated carbocycles. The van der Waals surface area contributed by atoms with Crippen LogP contribution in [0.15, 0.2) is 60.7 Å². The number of likely N-dealkylation sites (tertiary alicyclic amines) is 1. The number of rotatable bonds is 5. The Morgan fingerprint density at radius 1 is 0.786 bits per heavy atom. The molecule has 0 aromatic heterocycles. The van der Waals surface area contributed by atoms with Crippen LogP contribution in [0.1, 0.15) is 59.9 Å². The summed E-state index contributed by atoms with van der Waals surface area (Å²) in [6.07, 6.45) is 1.93. The van der Waals surface area contributed by atoms with Gasteiger partial charge in [-0.3, -0.25) is 4.90 Å². The highest BCUT2D eigenvalue weighted by molar-refractivity contribution is 5.45. The highest BCUT2D eigenvalue weighted by atomic mass is 16.3. The molecule has 0 spiro atoms. The zero-order chi connectivity index (χ0) is 21.3. The lowest BCUT2D eigenvalue weighted by Crippen LogP contribution is -2.51. The monoisotopic (exact) mass is 386 g/mol. The third-order valence-corrected chi connectivity index (χ3v) is 4.55. The van der Waals surface area contributed by atoms with Gasteiger partial charge in [0.2, 0.25) is 0 Å². The largest absolute Gasteiger partial charge is 0.394 e. The lowest BCUT2D eigenvalue weighted by Gasteiger charge is -2.42. The standard InChI is InChI=1S/C19H24N2O.3C2H6/c22-16-19(20-18-9-5-2-6-10-18)11-13-21(14-12-19)15-17-7-3-1-4-8-17;3*1-2/h1-10,20,22H,11-16H2;3*1-2H3. The van der Waals surface area contributed by atoms with Gasteiger partial charge < -0.3 is 10.4 Å². The summed E-state index contributed by atoms with van der Waals surface area (Å²) in [5, 5.41) is 13.4. The minimum atomic E-state index is -0.186. The predicted molar refractivity (Wildman–Crippen MR) is 125 cm³/mol. The van der Waals surface area contributed by atoms with Crippen molar-refractivity contribution in [1.82, 2.24) is 4.90 Å². The molecule has 2 aromatic rings. The van der Waals surface area contributed by atoms with Crippen LogP contribution < -0.4 is 5.32 Å². The Morgan fingerprint density at radius 3 is 1.71 bits per heavy atom. The number of para-hydroxylation sites is 1. The number of anilines is 1. The lowest BCUT2D eigenvalue weighted by atomic mass is 9.87. The van der Waals surface area contributed by atoms with Crippen molar-refractivity contribution in [2.75, 3.05) is 25.0 Å². The minimum Gasteiger partial charge on any atom is -0.394 e. The first kappa shape index (κ1) is 26.2. The van der Waals surface area contributed by atoms with Crippen LogP contribution in [0.3, 0.4) is 0 Å². The van der Waals surface area contributed by atoms with Crippen LogP contribution in [0.5, 0.6) is 0 Å². The van der Waals surface area contributed by atoms with Crippen molar-refractivity contribution in [2.24, 2.45) is 0 Å². The van der Waals surface area contributed by atoms with Crippen molar-refractivity contribution in [3.8, 4) is 0 Å². The summed E-state index contributed by atoms with van der Waals surface area (Å²) in [4.78, 5) is 2.47. The SMILES string of the molecule is CC.CC.CC.OCC1(Nc2ccccc2)CCN(Cc2ccccc2)CC1. The summed E-state index contributed by atoms with van der Waals surface area (Å²) < 4.78 is 0. The zero-order valence-corrected chi connectivity index (χ0v) is 18.9. The van der Waals surface area contributed by atoms with Crippen molar-refractivity contribution in [1.29, 1.82) is 0 Å². The van der Waals surface area contributed by atoms with Gasteiger partial charge in [-0.2, -0.15) is 0 Å². The minimum absolute atomic E-state index is 0.182. The van der Waals surface area contributed by atoms with E-state index in [1.54, 1.807) is 0 Å². The lowest BCUT2D eigenvalue weighted by molar-refractivity contribution is 0.115. The average molecular weight is 387 g/mol. The molecular weight excluding hydrogens is 344 g/mol. The Labute approximate surface area is 173 Å². The maximum atomic E-state index is 9.90. The molecule has 28 heavy (non-hydrogen) atoms. The molecule has 0 unspecified atom stereocenters. The molecule has 0 bridgehead atoms. The number of hydrogen-bond acceptors (Lipinski definition) is 3. The highest BCUT2D eigenvalue weighted by Crippen LogP contribution is 2.27. The van der Waals surface area contributed by atoms with Crippen molar-refractivity contribution < 1.29 is 5.11 Å². The van der Waals surface area contributed by atoms with Gasteiger partial charge in [-0.05, 0) is 30.5 Å². The summed E-state index contributed by atoms with van der Waals surface area (Å²) >= 11 is 0. The molecule has 3 nitrogen and oxygen atoms in total. The maximum Gasteiger partial charge on any atom is 0.0662 e. The van der Waals surface area contributed by atoms with Crippen LogP contribution in [0.4, 0.5) is 5.69 Å². The van der Waals surface area contributed by atoms with Gasteiger partial charge in [0.15, 0.2) is 0 Å². The van der Waals surface area contributed by atoms with Gasteiger partial charge in [-0.15, -0.1) is 0 Å². The fraction of sp³-hybridized carbons (Fsp3) is 0.520. The van der Waals surface area contributed by atoms with E-state index in [0.717, 1.165) is 38.2 Å². The molecule has 2 N–H and O–H groups in total. The quantitative estimate of drug-likeness (QED) is 0.642. The third kappa shape index (κ3) is 8.90. The maximum absolute atomic E-state index is 9.90. The van der Waals surface area contributed by atoms with Gasteiger partial charge in [-0.25, -0.2) is 0 Å². The molecule has 0 aliphatic carbocycles. The Morgan fingerprint density at radius 2 is 1.25 bits per heavy atom. The second kappa shape index (κ2) is 16.1. The Hall–Kier alpha value is -1.84. The number of nitrogens with one attached hydrogen (secondary N) is 1. The molecule has 3 rings (SSSR count). The van der Waals surface area contributed by atoms with E-state index in [1.807, 2.05) is 59.7 Å². The summed E-state index contributed by atoms with van der Waals surface area (Å²) in [5.74, 6) is 0. The van der Waals surface area contributed by atoms with Gasteiger partial charge in [0.05, 0.1) is 12.1 Å². The Balaban J connectivity index is 0.00000111. The zero-order valence-electron chi connectivity index (χ0n) is 18.9. The van der Waals surface area contributed by atoms with E-state index >= 15 is 0 Å². The van der Waals surface area contributed by atoms with Gasteiger partial charge in [0.25, 0.3) is 0 Å². The predicted octanol–water partition coefficient (Wildman–Crippen LogP) is 6.20. The van der Waals surface area contributed by atoms with Crippen LogP contribution in [0.25, 0.3) is 0 Å². The normalized spacial score (nSPS) is 14.8. The second-order valence-corrected chi connectivity index (χ2v) is 6.19. The highest BCUT2D eigenvalue weighted by Gasteiger charge is 2.33. The van der Waals surface area contributed by atoms with E-state index in [2.05, 4.69) is 52.7 Å². The number of benzene rings is 2. The van der Waals surface area contributed by atoms with Gasteiger partial charge >= 0.3 is 0 Å². The van der Waals surface area contributed by atoms with Crippen LogP contribution in [0, 0.1) is 0 Å². The first-order chi connectivity index (χ1) is 13.8. The summed E-state index contributed by atoms with van der Waals surface area (Å²) in [6, 6.07) is 20.8. The van der Waals surface area contributed by atoms with E-state index in [9.17, 15) is 5.11 Å². The van der Waals surface area contributed by atoms with Crippen molar-refractivity contribution in [2.45, 2.75) is 66.5 Å². The van der Waals surface area contributed by atoms with E-state index in [0.29, 0.717) is 0 Å². The molecule has 158 valence electrons. The number of aliphatic hydroxyl groups excluding tert-OH is 1. The van der Waals surface area contributed by atoms with E-state index in [4.69, 9.17) is 0 Å². The van der Waals surface area contributed by atoms with Gasteiger partial charge in [-0.1, -0.05) is 90.1 Å². The molecular formula is C25H42N2O. The summed E-state index contributed by atoms with van der Waals surface area (Å²) in [7, 11) is 0. The van der Waals surface area contributed by atoms with Crippen LogP contribution in [-0.2, 0) is 6.54 Å². The van der Waals surface area contributed by atoms with E-state index in [-0.39, 0.29) is 12.1 Å². The Kier molecular flexibility index (Phi) is 15.1. The van der Waals surface area contributed by atoms with Crippen LogP contribution in [-0.4, -0.2) is 35.2 Å².